The van der Waals surface area contributed by atoms with Crippen molar-refractivity contribution in [3.63, 3.8) is 0 Å². The molecule has 0 bridgehead atoms. The van der Waals surface area contributed by atoms with E-state index in [2.05, 4.69) is 10.6 Å². The first-order valence-electron chi connectivity index (χ1n) is 7.67. The van der Waals surface area contributed by atoms with Crippen LogP contribution in [0.2, 0.25) is 0 Å². The van der Waals surface area contributed by atoms with Gasteiger partial charge in [0.1, 0.15) is 11.9 Å². The van der Waals surface area contributed by atoms with Gasteiger partial charge in [-0.05, 0) is 50.2 Å². The molecule has 0 aromatic heterocycles. The molecule has 0 spiro atoms. The third-order valence-corrected chi connectivity index (χ3v) is 4.02. The fourth-order valence-corrected chi connectivity index (χ4v) is 2.74. The Labute approximate surface area is 125 Å². The van der Waals surface area contributed by atoms with Crippen molar-refractivity contribution in [3.05, 3.63) is 24.3 Å². The first-order valence-corrected chi connectivity index (χ1v) is 7.67. The van der Waals surface area contributed by atoms with Crippen LogP contribution < -0.4 is 15.4 Å². The van der Waals surface area contributed by atoms with Gasteiger partial charge in [-0.25, -0.2) is 0 Å². The van der Waals surface area contributed by atoms with Crippen molar-refractivity contribution in [2.45, 2.75) is 25.4 Å². The van der Waals surface area contributed by atoms with Gasteiger partial charge in [-0.2, -0.15) is 0 Å². The van der Waals surface area contributed by atoms with Crippen molar-refractivity contribution in [2.24, 2.45) is 5.92 Å². The molecule has 5 nitrogen and oxygen atoms in total. The van der Waals surface area contributed by atoms with E-state index >= 15 is 0 Å². The van der Waals surface area contributed by atoms with Crippen LogP contribution >= 0.6 is 0 Å². The van der Waals surface area contributed by atoms with Gasteiger partial charge in [0.2, 0.25) is 5.91 Å². The molecule has 1 unspecified atom stereocenters. The van der Waals surface area contributed by atoms with E-state index in [1.54, 1.807) is 0 Å². The van der Waals surface area contributed by atoms with Crippen LogP contribution in [-0.4, -0.2) is 38.3 Å². The van der Waals surface area contributed by atoms with E-state index in [1.165, 1.54) is 0 Å². The van der Waals surface area contributed by atoms with Gasteiger partial charge in [0.05, 0.1) is 13.2 Å². The van der Waals surface area contributed by atoms with Gasteiger partial charge in [-0.3, -0.25) is 4.79 Å². The van der Waals surface area contributed by atoms with Gasteiger partial charge in [-0.1, -0.05) is 0 Å². The van der Waals surface area contributed by atoms with Crippen LogP contribution in [0, 0.1) is 5.92 Å². The number of carbonyl (C=O) groups is 1. The van der Waals surface area contributed by atoms with Gasteiger partial charge in [-0.15, -0.1) is 0 Å². The Hall–Kier alpha value is -1.59. The number of carbonyl (C=O) groups excluding carboxylic acids is 1. The molecule has 0 radical (unpaired) electrons. The molecular formula is C16H22N2O3. The highest BCUT2D eigenvalue weighted by atomic mass is 16.5. The molecule has 5 heteroatoms. The second kappa shape index (κ2) is 6.91. The number of piperidine rings is 1. The fraction of sp³-hybridized carbons (Fsp3) is 0.562. The first-order chi connectivity index (χ1) is 10.3. The van der Waals surface area contributed by atoms with Gasteiger partial charge in [0, 0.05) is 18.0 Å². The number of hydrogen-bond donors (Lipinski definition) is 2. The maximum absolute atomic E-state index is 12.1. The third kappa shape index (κ3) is 3.95. The van der Waals surface area contributed by atoms with Gasteiger partial charge >= 0.3 is 0 Å². The average Bonchev–Trinajstić information content (AvgIpc) is 3.03. The Kier molecular flexibility index (Phi) is 4.72. The van der Waals surface area contributed by atoms with Crippen molar-refractivity contribution in [3.8, 4) is 5.75 Å². The van der Waals surface area contributed by atoms with Crippen molar-refractivity contribution in [1.29, 1.82) is 0 Å². The summed E-state index contributed by atoms with van der Waals surface area (Å²) < 4.78 is 11.1. The summed E-state index contributed by atoms with van der Waals surface area (Å²) in [6.45, 7) is 3.28. The lowest BCUT2D eigenvalue weighted by Crippen LogP contribution is -2.34. The van der Waals surface area contributed by atoms with Crippen molar-refractivity contribution < 1.29 is 14.3 Å². The zero-order valence-corrected chi connectivity index (χ0v) is 12.1. The van der Waals surface area contributed by atoms with Crippen molar-refractivity contribution in [1.82, 2.24) is 5.32 Å². The molecule has 3 rings (SSSR count). The predicted octanol–water partition coefficient (Wildman–Crippen LogP) is 1.79. The summed E-state index contributed by atoms with van der Waals surface area (Å²) in [5.74, 6) is 1.07. The number of nitrogens with one attached hydrogen (secondary N) is 2. The average molecular weight is 290 g/mol. The Balaban J connectivity index is 1.52. The number of rotatable bonds is 4. The highest BCUT2D eigenvalue weighted by Crippen LogP contribution is 2.21. The van der Waals surface area contributed by atoms with Gasteiger partial charge in [0.25, 0.3) is 0 Å². The summed E-state index contributed by atoms with van der Waals surface area (Å²) in [6, 6.07) is 7.58. The smallest absolute Gasteiger partial charge is 0.227 e. The Morgan fingerprint density at radius 3 is 2.62 bits per heavy atom. The van der Waals surface area contributed by atoms with E-state index in [9.17, 15) is 4.79 Å². The highest BCUT2D eigenvalue weighted by Gasteiger charge is 2.21. The first kappa shape index (κ1) is 14.4. The quantitative estimate of drug-likeness (QED) is 0.887. The van der Waals surface area contributed by atoms with Crippen LogP contribution in [0.1, 0.15) is 19.3 Å². The number of benzene rings is 1. The van der Waals surface area contributed by atoms with Crippen LogP contribution in [0.4, 0.5) is 5.69 Å². The molecule has 21 heavy (non-hydrogen) atoms. The summed E-state index contributed by atoms with van der Waals surface area (Å²) >= 11 is 0. The molecule has 1 aromatic rings. The van der Waals surface area contributed by atoms with Crippen LogP contribution in [-0.2, 0) is 9.53 Å². The summed E-state index contributed by atoms with van der Waals surface area (Å²) in [4.78, 5) is 12.1. The maximum atomic E-state index is 12.1. The van der Waals surface area contributed by atoms with E-state index < -0.39 is 0 Å². The molecule has 0 saturated carbocycles. The lowest BCUT2D eigenvalue weighted by atomic mass is 9.97. The maximum Gasteiger partial charge on any atom is 0.227 e. The normalized spacial score (nSPS) is 23.0. The summed E-state index contributed by atoms with van der Waals surface area (Å²) in [5, 5.41) is 6.25. The molecule has 2 fully saturated rings. The SMILES string of the molecule is O=C(Nc1ccc(OC2CCOC2)cc1)C1CCNCC1. The number of amides is 1. The molecule has 0 aliphatic carbocycles. The van der Waals surface area contributed by atoms with E-state index in [-0.39, 0.29) is 17.9 Å². The topological polar surface area (TPSA) is 59.6 Å². The standard InChI is InChI=1S/C16H22N2O3/c19-16(12-5-8-17-9-6-12)18-13-1-3-14(4-2-13)21-15-7-10-20-11-15/h1-4,12,15,17H,5-11H2,(H,18,19). The third-order valence-electron chi connectivity index (χ3n) is 4.02. The monoisotopic (exact) mass is 290 g/mol. The minimum absolute atomic E-state index is 0.120. The molecular weight excluding hydrogens is 268 g/mol. The largest absolute Gasteiger partial charge is 0.488 e. The van der Waals surface area contributed by atoms with Gasteiger partial charge < -0.3 is 20.1 Å². The van der Waals surface area contributed by atoms with Crippen molar-refractivity contribution in [2.75, 3.05) is 31.6 Å². The van der Waals surface area contributed by atoms with Crippen molar-refractivity contribution >= 4 is 11.6 Å². The summed E-state index contributed by atoms with van der Waals surface area (Å²) in [7, 11) is 0. The number of hydrogen-bond acceptors (Lipinski definition) is 4. The minimum atomic E-state index is 0.120. The molecule has 2 aliphatic rings. The molecule has 114 valence electrons. The van der Waals surface area contributed by atoms with Crippen LogP contribution in [0.25, 0.3) is 0 Å². The highest BCUT2D eigenvalue weighted by molar-refractivity contribution is 5.92. The van der Waals surface area contributed by atoms with Gasteiger partial charge in [0.15, 0.2) is 0 Å². The van der Waals surface area contributed by atoms with Crippen LogP contribution in [0.3, 0.4) is 0 Å². The summed E-state index contributed by atoms with van der Waals surface area (Å²) in [6.07, 6.45) is 2.91. The zero-order chi connectivity index (χ0) is 14.5. The fourth-order valence-electron chi connectivity index (χ4n) is 2.74. The molecule has 2 heterocycles. The van der Waals surface area contributed by atoms with E-state index in [1.807, 2.05) is 24.3 Å². The van der Waals surface area contributed by atoms with E-state index in [4.69, 9.17) is 9.47 Å². The van der Waals surface area contributed by atoms with E-state index in [0.29, 0.717) is 6.61 Å². The second-order valence-corrected chi connectivity index (χ2v) is 5.64. The molecule has 1 atom stereocenters. The molecule has 2 aliphatic heterocycles. The number of ether oxygens (including phenoxy) is 2. The number of anilines is 1. The minimum Gasteiger partial charge on any atom is -0.488 e. The zero-order valence-electron chi connectivity index (χ0n) is 12.1. The molecule has 2 saturated heterocycles. The Morgan fingerprint density at radius 2 is 1.95 bits per heavy atom. The Morgan fingerprint density at radius 1 is 1.19 bits per heavy atom. The lowest BCUT2D eigenvalue weighted by molar-refractivity contribution is -0.120. The molecule has 1 amide bonds. The molecule has 1 aromatic carbocycles. The van der Waals surface area contributed by atoms with E-state index in [0.717, 1.165) is 50.4 Å². The second-order valence-electron chi connectivity index (χ2n) is 5.64. The predicted molar refractivity (Wildman–Crippen MR) is 80.5 cm³/mol. The summed E-state index contributed by atoms with van der Waals surface area (Å²) in [5.41, 5.74) is 0.827. The van der Waals surface area contributed by atoms with Crippen LogP contribution in [0.15, 0.2) is 24.3 Å². The lowest BCUT2D eigenvalue weighted by Gasteiger charge is -2.21. The Bertz CT molecular complexity index is 463. The van der Waals surface area contributed by atoms with Crippen LogP contribution in [0.5, 0.6) is 5.75 Å². The molecule has 2 N–H and O–H groups in total.